The zero-order valence-corrected chi connectivity index (χ0v) is 8.70. The van der Waals surface area contributed by atoms with E-state index in [9.17, 15) is 4.79 Å². The van der Waals surface area contributed by atoms with Gasteiger partial charge in [-0.3, -0.25) is 4.79 Å². The van der Waals surface area contributed by atoms with Crippen LogP contribution in [-0.2, 0) is 16.0 Å². The Morgan fingerprint density at radius 1 is 1.33 bits per heavy atom. The molecule has 0 aromatic heterocycles. The molecule has 0 saturated carbocycles. The Bertz CT molecular complexity index is 396. The van der Waals surface area contributed by atoms with Gasteiger partial charge in [-0.2, -0.15) is 5.06 Å². The van der Waals surface area contributed by atoms with E-state index < -0.39 is 0 Å². The van der Waals surface area contributed by atoms with Gasteiger partial charge in [-0.15, -0.1) is 12.4 Å². The predicted octanol–water partition coefficient (Wildman–Crippen LogP) is 1.35. The number of ether oxygens (including phenoxy) is 1. The highest BCUT2D eigenvalue weighted by Gasteiger charge is 2.37. The van der Waals surface area contributed by atoms with Crippen LogP contribution in [0.2, 0.25) is 0 Å². The van der Waals surface area contributed by atoms with Crippen LogP contribution < -0.4 is 0 Å². The van der Waals surface area contributed by atoms with Gasteiger partial charge in [0.2, 0.25) is 0 Å². The molecule has 0 aliphatic carbocycles. The third kappa shape index (κ3) is 1.51. The molecule has 1 aromatic rings. The van der Waals surface area contributed by atoms with E-state index in [4.69, 9.17) is 9.57 Å². The van der Waals surface area contributed by atoms with E-state index in [1.165, 1.54) is 5.06 Å². The van der Waals surface area contributed by atoms with Gasteiger partial charge in [0.1, 0.15) is 0 Å². The van der Waals surface area contributed by atoms with E-state index in [1.54, 1.807) is 0 Å². The van der Waals surface area contributed by atoms with Gasteiger partial charge in [-0.25, -0.2) is 4.84 Å². The highest BCUT2D eigenvalue weighted by molar-refractivity contribution is 5.96. The van der Waals surface area contributed by atoms with Crippen LogP contribution in [0.4, 0.5) is 0 Å². The molecule has 2 aliphatic heterocycles. The lowest BCUT2D eigenvalue weighted by Crippen LogP contribution is -2.41. The normalized spacial score (nSPS) is 23.1. The van der Waals surface area contributed by atoms with Crippen LogP contribution >= 0.6 is 12.4 Å². The molecule has 2 heterocycles. The molecule has 1 fully saturated rings. The van der Waals surface area contributed by atoms with Crippen LogP contribution in [0.25, 0.3) is 0 Å². The molecule has 15 heavy (non-hydrogen) atoms. The largest absolute Gasteiger partial charge is 0.327 e. The first-order valence-corrected chi connectivity index (χ1v) is 4.52. The Morgan fingerprint density at radius 3 is 3.00 bits per heavy atom. The Kier molecular flexibility index (Phi) is 2.65. The second-order valence-corrected chi connectivity index (χ2v) is 3.36. The first-order chi connectivity index (χ1) is 6.86. The third-order valence-electron chi connectivity index (χ3n) is 2.56. The van der Waals surface area contributed by atoms with Crippen molar-refractivity contribution in [2.45, 2.75) is 12.6 Å². The third-order valence-corrected chi connectivity index (χ3v) is 2.56. The summed E-state index contributed by atoms with van der Waals surface area (Å²) in [7, 11) is 0. The van der Waals surface area contributed by atoms with Crippen LogP contribution in [0.1, 0.15) is 15.9 Å². The molecule has 1 unspecified atom stereocenters. The maximum Gasteiger partial charge on any atom is 0.280 e. The van der Waals surface area contributed by atoms with Crippen molar-refractivity contribution in [2.24, 2.45) is 0 Å². The van der Waals surface area contributed by atoms with Crippen LogP contribution in [0.3, 0.4) is 0 Å². The summed E-state index contributed by atoms with van der Waals surface area (Å²) in [6.07, 6.45) is 0.472. The fraction of sp³-hybridized carbons (Fsp3) is 0.300. The Labute approximate surface area is 93.1 Å². The Balaban J connectivity index is 0.000000853. The molecule has 80 valence electrons. The molecule has 1 saturated heterocycles. The number of carbonyl (C=O) groups is 1. The number of benzene rings is 1. The van der Waals surface area contributed by atoms with E-state index >= 15 is 0 Å². The maximum atomic E-state index is 11.8. The van der Waals surface area contributed by atoms with Crippen molar-refractivity contribution in [1.29, 1.82) is 0 Å². The van der Waals surface area contributed by atoms with Crippen molar-refractivity contribution in [3.63, 3.8) is 0 Å². The van der Waals surface area contributed by atoms with Crippen molar-refractivity contribution in [2.75, 3.05) is 6.79 Å². The summed E-state index contributed by atoms with van der Waals surface area (Å²) in [6.45, 7) is 0.171. The molecule has 1 aromatic carbocycles. The minimum atomic E-state index is -0.239. The number of rotatable bonds is 0. The molecule has 3 rings (SSSR count). The minimum Gasteiger partial charge on any atom is -0.327 e. The molecular formula is C10H10ClNO3. The number of hydroxylamine groups is 2. The van der Waals surface area contributed by atoms with Crippen LogP contribution in [0, 0.1) is 0 Å². The SMILES string of the molecule is Cl.O=C1c2ccccc2CC2OCON12. The molecule has 2 aliphatic rings. The molecule has 1 atom stereocenters. The molecule has 0 bridgehead atoms. The monoisotopic (exact) mass is 227 g/mol. The topological polar surface area (TPSA) is 38.8 Å². The number of halogens is 1. The molecule has 0 radical (unpaired) electrons. The minimum absolute atomic E-state index is 0. The Morgan fingerprint density at radius 2 is 2.13 bits per heavy atom. The number of carbonyl (C=O) groups excluding carboxylic acids is 1. The number of nitrogens with zero attached hydrogens (tertiary/aromatic N) is 1. The van der Waals surface area contributed by atoms with Gasteiger partial charge in [-0.1, -0.05) is 18.2 Å². The van der Waals surface area contributed by atoms with Gasteiger partial charge < -0.3 is 4.74 Å². The van der Waals surface area contributed by atoms with E-state index in [1.807, 2.05) is 24.3 Å². The first-order valence-electron chi connectivity index (χ1n) is 4.52. The van der Waals surface area contributed by atoms with E-state index in [0.29, 0.717) is 12.0 Å². The second kappa shape index (κ2) is 3.81. The number of hydrogen-bond donors (Lipinski definition) is 0. The van der Waals surface area contributed by atoms with Crippen molar-refractivity contribution in [3.8, 4) is 0 Å². The van der Waals surface area contributed by atoms with Gasteiger partial charge >= 0.3 is 0 Å². The fourth-order valence-corrected chi connectivity index (χ4v) is 1.86. The molecule has 5 heteroatoms. The summed E-state index contributed by atoms with van der Waals surface area (Å²) in [5.41, 5.74) is 1.75. The van der Waals surface area contributed by atoms with Gasteiger partial charge in [0, 0.05) is 12.0 Å². The molecule has 4 nitrogen and oxygen atoms in total. The number of hydrogen-bond acceptors (Lipinski definition) is 3. The van der Waals surface area contributed by atoms with Crippen molar-refractivity contribution >= 4 is 18.3 Å². The lowest BCUT2D eigenvalue weighted by atomic mass is 9.99. The van der Waals surface area contributed by atoms with E-state index in [0.717, 1.165) is 5.56 Å². The number of fused-ring (bicyclic) bond motifs is 2. The van der Waals surface area contributed by atoms with Crippen LogP contribution in [0.15, 0.2) is 24.3 Å². The summed E-state index contributed by atoms with van der Waals surface area (Å²) in [5, 5.41) is 1.32. The average molecular weight is 228 g/mol. The number of amides is 1. The summed E-state index contributed by atoms with van der Waals surface area (Å²) >= 11 is 0. The molecule has 0 N–H and O–H groups in total. The molecule has 0 spiro atoms. The maximum absolute atomic E-state index is 11.8. The van der Waals surface area contributed by atoms with Gasteiger partial charge in [0.25, 0.3) is 5.91 Å². The van der Waals surface area contributed by atoms with Crippen LogP contribution in [0.5, 0.6) is 0 Å². The lowest BCUT2D eigenvalue weighted by Gasteiger charge is -2.26. The van der Waals surface area contributed by atoms with Gasteiger partial charge in [0.15, 0.2) is 13.0 Å². The van der Waals surface area contributed by atoms with Crippen molar-refractivity contribution in [1.82, 2.24) is 5.06 Å². The van der Waals surface area contributed by atoms with Crippen LogP contribution in [-0.4, -0.2) is 24.0 Å². The molecule has 1 amide bonds. The first kappa shape index (κ1) is 10.4. The summed E-state index contributed by atoms with van der Waals surface area (Å²) in [6, 6.07) is 7.55. The highest BCUT2D eigenvalue weighted by atomic mass is 35.5. The van der Waals surface area contributed by atoms with Gasteiger partial charge in [0.05, 0.1) is 0 Å². The summed E-state index contributed by atoms with van der Waals surface area (Å²) in [5.74, 6) is -0.102. The smallest absolute Gasteiger partial charge is 0.280 e. The summed E-state index contributed by atoms with van der Waals surface area (Å²) in [4.78, 5) is 16.9. The quantitative estimate of drug-likeness (QED) is 0.672. The molecular weight excluding hydrogens is 218 g/mol. The Hall–Kier alpha value is -1.10. The average Bonchev–Trinajstić information content (AvgIpc) is 2.66. The second-order valence-electron chi connectivity index (χ2n) is 3.36. The zero-order valence-electron chi connectivity index (χ0n) is 7.88. The zero-order chi connectivity index (χ0) is 9.54. The predicted molar refractivity (Wildman–Crippen MR) is 54.4 cm³/mol. The summed E-state index contributed by atoms with van der Waals surface area (Å²) < 4.78 is 5.27. The standard InChI is InChI=1S/C10H9NO3.ClH/c12-10-8-4-2-1-3-7(8)5-9-11(10)14-6-13-9;/h1-4,9H,5-6H2;1H. The fourth-order valence-electron chi connectivity index (χ4n) is 1.86. The van der Waals surface area contributed by atoms with Crippen molar-refractivity contribution < 1.29 is 14.4 Å². The van der Waals surface area contributed by atoms with E-state index in [2.05, 4.69) is 0 Å². The highest BCUT2D eigenvalue weighted by Crippen LogP contribution is 2.26. The van der Waals surface area contributed by atoms with E-state index in [-0.39, 0.29) is 31.3 Å². The van der Waals surface area contributed by atoms with Crippen molar-refractivity contribution in [3.05, 3.63) is 35.4 Å². The lowest BCUT2D eigenvalue weighted by molar-refractivity contribution is -0.0979. The van der Waals surface area contributed by atoms with Gasteiger partial charge in [-0.05, 0) is 11.6 Å².